The standard InChI is InChI=1S/C27H42N4O5S2/c1-18(2)36-26(32)29-20-10-8-19(9-11-20)25-28-17-23(37-25)22-13-12-21(35-15-14-31(6)7)16-24(22)38(33,34)30-27(3,4)5/h12-13,16-20,30H,8-11,14-15H2,1-7H3,(H,29,32)/t19-,20-. The van der Waals surface area contributed by atoms with Crippen molar-refractivity contribution in [2.45, 2.75) is 88.8 Å². The van der Waals surface area contributed by atoms with Crippen molar-refractivity contribution in [1.82, 2.24) is 19.9 Å². The number of carbonyl (C=O) groups excluding carboxylic acids is 1. The molecule has 11 heteroatoms. The maximum Gasteiger partial charge on any atom is 0.407 e. The number of nitrogens with one attached hydrogen (secondary N) is 2. The topological polar surface area (TPSA) is 110 Å². The van der Waals surface area contributed by atoms with Gasteiger partial charge < -0.3 is 19.7 Å². The van der Waals surface area contributed by atoms with E-state index in [1.54, 1.807) is 18.3 Å². The van der Waals surface area contributed by atoms with E-state index < -0.39 is 15.6 Å². The van der Waals surface area contributed by atoms with Crippen LogP contribution in [0.25, 0.3) is 10.4 Å². The lowest BCUT2D eigenvalue weighted by Gasteiger charge is -2.28. The summed E-state index contributed by atoms with van der Waals surface area (Å²) < 4.78 is 40.7. The van der Waals surface area contributed by atoms with E-state index in [2.05, 4.69) is 15.0 Å². The lowest BCUT2D eigenvalue weighted by Crippen LogP contribution is -2.40. The molecule has 1 aliphatic carbocycles. The van der Waals surface area contributed by atoms with Crippen molar-refractivity contribution in [2.24, 2.45) is 0 Å². The zero-order valence-corrected chi connectivity index (χ0v) is 25.2. The molecule has 0 radical (unpaired) electrons. The molecule has 0 bridgehead atoms. The minimum absolute atomic E-state index is 0.0946. The first kappa shape index (κ1) is 30.3. The van der Waals surface area contributed by atoms with Gasteiger partial charge in [0.15, 0.2) is 0 Å². The average molecular weight is 567 g/mol. The maximum absolute atomic E-state index is 13.4. The van der Waals surface area contributed by atoms with Crippen molar-refractivity contribution in [1.29, 1.82) is 0 Å². The summed E-state index contributed by atoms with van der Waals surface area (Å²) in [5.74, 6) is 0.783. The molecule has 212 valence electrons. The Morgan fingerprint density at radius 1 is 1.18 bits per heavy atom. The number of carbonyl (C=O) groups is 1. The summed E-state index contributed by atoms with van der Waals surface area (Å²) in [5.41, 5.74) is -0.0254. The normalized spacial score (nSPS) is 18.6. The molecule has 0 aliphatic heterocycles. The Bertz CT molecular complexity index is 1180. The Balaban J connectivity index is 1.79. The number of alkyl carbamates (subject to hydrolysis) is 1. The van der Waals surface area contributed by atoms with Crippen LogP contribution >= 0.6 is 11.3 Å². The predicted octanol–water partition coefficient (Wildman–Crippen LogP) is 4.99. The minimum Gasteiger partial charge on any atom is -0.492 e. The number of amides is 1. The van der Waals surface area contributed by atoms with Gasteiger partial charge in [-0.1, -0.05) is 0 Å². The fraction of sp³-hybridized carbons (Fsp3) is 0.630. The second kappa shape index (κ2) is 12.8. The highest BCUT2D eigenvalue weighted by Crippen LogP contribution is 2.40. The van der Waals surface area contributed by atoms with Crippen molar-refractivity contribution >= 4 is 27.5 Å². The Kier molecular flexibility index (Phi) is 10.2. The lowest BCUT2D eigenvalue weighted by atomic mass is 9.86. The van der Waals surface area contributed by atoms with Gasteiger partial charge in [-0.05, 0) is 86.5 Å². The van der Waals surface area contributed by atoms with E-state index in [0.29, 0.717) is 17.9 Å². The number of thiazole rings is 1. The third-order valence-corrected chi connectivity index (χ3v) is 9.01. The van der Waals surface area contributed by atoms with Crippen molar-refractivity contribution in [3.63, 3.8) is 0 Å². The molecule has 1 aromatic carbocycles. The Hall–Kier alpha value is -2.21. The van der Waals surface area contributed by atoms with Crippen molar-refractivity contribution in [2.75, 3.05) is 27.2 Å². The first-order chi connectivity index (χ1) is 17.7. The molecule has 1 fully saturated rings. The molecular weight excluding hydrogens is 524 g/mol. The van der Waals surface area contributed by atoms with Gasteiger partial charge in [-0.3, -0.25) is 0 Å². The minimum atomic E-state index is -3.82. The van der Waals surface area contributed by atoms with Gasteiger partial charge in [-0.2, -0.15) is 0 Å². The molecule has 0 atom stereocenters. The molecule has 38 heavy (non-hydrogen) atoms. The number of ether oxygens (including phenoxy) is 2. The van der Waals surface area contributed by atoms with E-state index in [-0.39, 0.29) is 29.1 Å². The highest BCUT2D eigenvalue weighted by Gasteiger charge is 2.29. The van der Waals surface area contributed by atoms with E-state index in [1.807, 2.05) is 59.7 Å². The fourth-order valence-electron chi connectivity index (χ4n) is 4.32. The molecule has 1 amide bonds. The molecule has 0 saturated heterocycles. The Morgan fingerprint density at radius 2 is 1.87 bits per heavy atom. The van der Waals surface area contributed by atoms with Crippen LogP contribution in [0, 0.1) is 0 Å². The van der Waals surface area contributed by atoms with Crippen LogP contribution in [0.2, 0.25) is 0 Å². The summed E-state index contributed by atoms with van der Waals surface area (Å²) in [4.78, 5) is 19.6. The van der Waals surface area contributed by atoms with Gasteiger partial charge in [0.25, 0.3) is 0 Å². The van der Waals surface area contributed by atoms with Crippen molar-refractivity contribution in [3.8, 4) is 16.2 Å². The molecule has 1 aliphatic rings. The van der Waals surface area contributed by atoms with Crippen molar-refractivity contribution in [3.05, 3.63) is 29.4 Å². The highest BCUT2D eigenvalue weighted by molar-refractivity contribution is 7.89. The summed E-state index contributed by atoms with van der Waals surface area (Å²) in [6, 6.07) is 5.32. The first-order valence-corrected chi connectivity index (χ1v) is 15.4. The molecule has 3 rings (SSSR count). The molecule has 1 saturated carbocycles. The van der Waals surface area contributed by atoms with Gasteiger partial charge >= 0.3 is 6.09 Å². The van der Waals surface area contributed by atoms with Crippen LogP contribution in [-0.4, -0.2) is 69.3 Å². The zero-order valence-electron chi connectivity index (χ0n) is 23.5. The summed E-state index contributed by atoms with van der Waals surface area (Å²) in [7, 11) is 0.101. The van der Waals surface area contributed by atoms with E-state index in [9.17, 15) is 13.2 Å². The van der Waals surface area contributed by atoms with Crippen LogP contribution in [0.3, 0.4) is 0 Å². The molecule has 9 nitrogen and oxygen atoms in total. The second-order valence-electron chi connectivity index (χ2n) is 11.4. The Morgan fingerprint density at radius 3 is 2.47 bits per heavy atom. The van der Waals surface area contributed by atoms with Crippen LogP contribution in [0.1, 0.15) is 71.2 Å². The van der Waals surface area contributed by atoms with Crippen LogP contribution in [0.4, 0.5) is 4.79 Å². The number of hydrogen-bond acceptors (Lipinski definition) is 8. The van der Waals surface area contributed by atoms with Crippen molar-refractivity contribution < 1.29 is 22.7 Å². The number of likely N-dealkylation sites (N-methyl/N-ethyl adjacent to an activating group) is 1. The average Bonchev–Trinajstić information content (AvgIpc) is 3.27. The van der Waals surface area contributed by atoms with Gasteiger partial charge in [-0.15, -0.1) is 11.3 Å². The third-order valence-electron chi connectivity index (χ3n) is 6.02. The van der Waals surface area contributed by atoms with Gasteiger partial charge in [0.05, 0.1) is 20.9 Å². The van der Waals surface area contributed by atoms with Gasteiger partial charge in [-0.25, -0.2) is 22.9 Å². The molecule has 0 spiro atoms. The SMILES string of the molecule is CC(C)OC(=O)N[C@H]1CC[C@H](c2ncc(-c3ccc(OCCN(C)C)cc3S(=O)(=O)NC(C)(C)C)s2)CC1. The van der Waals surface area contributed by atoms with E-state index in [1.165, 1.54) is 11.3 Å². The van der Waals surface area contributed by atoms with Crippen LogP contribution in [-0.2, 0) is 14.8 Å². The summed E-state index contributed by atoms with van der Waals surface area (Å²) >= 11 is 1.53. The van der Waals surface area contributed by atoms with E-state index >= 15 is 0 Å². The smallest absolute Gasteiger partial charge is 0.407 e. The quantitative estimate of drug-likeness (QED) is 0.417. The fourth-order valence-corrected chi connectivity index (χ4v) is 7.17. The number of hydrogen-bond donors (Lipinski definition) is 2. The van der Waals surface area contributed by atoms with Gasteiger partial charge in [0.1, 0.15) is 12.4 Å². The van der Waals surface area contributed by atoms with Crippen LogP contribution < -0.4 is 14.8 Å². The number of nitrogens with zero attached hydrogens (tertiary/aromatic N) is 2. The molecule has 1 heterocycles. The number of benzene rings is 1. The largest absolute Gasteiger partial charge is 0.492 e. The first-order valence-electron chi connectivity index (χ1n) is 13.1. The monoisotopic (exact) mass is 566 g/mol. The summed E-state index contributed by atoms with van der Waals surface area (Å²) in [6.45, 7) is 10.3. The maximum atomic E-state index is 13.4. The van der Waals surface area contributed by atoms with Crippen LogP contribution in [0.15, 0.2) is 29.3 Å². The molecule has 1 aromatic heterocycles. The molecule has 2 aromatic rings. The second-order valence-corrected chi connectivity index (χ2v) is 14.1. The number of sulfonamides is 1. The summed E-state index contributed by atoms with van der Waals surface area (Å²) in [5, 5.41) is 3.94. The third kappa shape index (κ3) is 8.93. The van der Waals surface area contributed by atoms with Gasteiger partial charge in [0.2, 0.25) is 10.0 Å². The van der Waals surface area contributed by atoms with Gasteiger partial charge in [0, 0.05) is 41.9 Å². The predicted molar refractivity (Wildman–Crippen MR) is 151 cm³/mol. The number of aromatic nitrogens is 1. The van der Waals surface area contributed by atoms with Crippen LogP contribution in [0.5, 0.6) is 5.75 Å². The molecule has 2 N–H and O–H groups in total. The lowest BCUT2D eigenvalue weighted by molar-refractivity contribution is 0.109. The highest BCUT2D eigenvalue weighted by atomic mass is 32.2. The summed E-state index contributed by atoms with van der Waals surface area (Å²) in [6.07, 6.45) is 4.74. The molecule has 0 unspecified atom stereocenters. The zero-order chi connectivity index (χ0) is 28.1. The Labute approximate surface area is 231 Å². The molecular formula is C27H42N4O5S2. The number of rotatable bonds is 10. The van der Waals surface area contributed by atoms with E-state index in [4.69, 9.17) is 9.47 Å². The van der Waals surface area contributed by atoms with E-state index in [0.717, 1.165) is 42.1 Å².